The molecule has 5 amide bonds. The number of carboxylic acids is 1. The fourth-order valence-corrected chi connectivity index (χ4v) is 12.2. The molecule has 18 heteroatoms. The maximum absolute atomic E-state index is 14.7. The average molecular weight is 985 g/mol. The number of nitrogens with zero attached hydrogens (tertiary/aromatic N) is 4. The molecular formula is C50H76N6O10S2. The third-order valence-corrected chi connectivity index (χ3v) is 16.4. The number of rotatable bonds is 25. The van der Waals surface area contributed by atoms with Gasteiger partial charge in [0.1, 0.15) is 29.3 Å². The summed E-state index contributed by atoms with van der Waals surface area (Å²) >= 11 is 0. The average Bonchev–Trinajstić information content (AvgIpc) is 3.99. The van der Waals surface area contributed by atoms with Crippen LogP contribution < -0.4 is 10.6 Å². The number of pyridine rings is 1. The lowest BCUT2D eigenvalue weighted by molar-refractivity contribution is -0.148. The van der Waals surface area contributed by atoms with Crippen LogP contribution in [0.5, 0.6) is 0 Å². The second-order valence-corrected chi connectivity index (χ2v) is 21.4. The Morgan fingerprint density at radius 3 is 2.13 bits per heavy atom. The second kappa shape index (κ2) is 27.1. The van der Waals surface area contributed by atoms with E-state index in [1.807, 2.05) is 77.9 Å². The van der Waals surface area contributed by atoms with Gasteiger partial charge in [-0.25, -0.2) is 14.6 Å². The van der Waals surface area contributed by atoms with Crippen LogP contribution in [0.15, 0.2) is 59.8 Å². The van der Waals surface area contributed by atoms with Gasteiger partial charge in [-0.05, 0) is 78.3 Å². The summed E-state index contributed by atoms with van der Waals surface area (Å²) in [6.45, 7) is 13.5. The summed E-state index contributed by atoms with van der Waals surface area (Å²) in [7, 11) is 9.42. The lowest BCUT2D eigenvalue weighted by Gasteiger charge is -2.41. The van der Waals surface area contributed by atoms with Crippen molar-refractivity contribution in [3.63, 3.8) is 0 Å². The zero-order chi connectivity index (χ0) is 50.2. The summed E-state index contributed by atoms with van der Waals surface area (Å²) in [6.07, 6.45) is 3.82. The van der Waals surface area contributed by atoms with Gasteiger partial charge in [-0.3, -0.25) is 24.1 Å². The highest BCUT2D eigenvalue weighted by atomic mass is 33.1. The standard InChI is InChI=1S/C50H76N6O10S2/c1-12-32(6)44(38(64-10)29-41(57)56-27-19-22-36(56)45(65-11)33(7)46(58)52-35(49(61)62)28-34-20-14-13-15-21-34)54(8)48(60)42(30(2)3)53-47(59)43(31(4)5)55(9)50(63)66-37-23-18-24-39(37)67-68-40-25-16-17-26-51-40/h13-17,20-21,25-26,30-33,35-39,42-45H,12,18-19,22-24,27-29H2,1-11H3,(H,52,58)(H,53,59)(H,61,62)/t32-,33+,35-,36-,37-,38+,39-,42-,43-,44-,45+/m0/s1. The number of hydrogen-bond acceptors (Lipinski definition) is 12. The van der Waals surface area contributed by atoms with Crippen molar-refractivity contribution in [2.24, 2.45) is 23.7 Å². The first-order chi connectivity index (χ1) is 32.3. The largest absolute Gasteiger partial charge is 0.480 e. The topological polar surface area (TPSA) is 197 Å². The maximum atomic E-state index is 14.7. The van der Waals surface area contributed by atoms with Crippen molar-refractivity contribution in [2.45, 2.75) is 159 Å². The number of likely N-dealkylation sites (tertiary alicyclic amines) is 1. The number of ether oxygens (including phenoxy) is 3. The first kappa shape index (κ1) is 56.2. The van der Waals surface area contributed by atoms with Gasteiger partial charge in [0.05, 0.1) is 41.9 Å². The Bertz CT molecular complexity index is 1950. The molecule has 2 aliphatic rings. The van der Waals surface area contributed by atoms with Crippen LogP contribution in [0.4, 0.5) is 4.79 Å². The predicted octanol–water partition coefficient (Wildman–Crippen LogP) is 6.71. The predicted molar refractivity (Wildman–Crippen MR) is 265 cm³/mol. The van der Waals surface area contributed by atoms with Gasteiger partial charge >= 0.3 is 12.1 Å². The number of carbonyl (C=O) groups excluding carboxylic acids is 5. The number of likely N-dealkylation sites (N-methyl/N-ethyl adjacent to an activating group) is 2. The van der Waals surface area contributed by atoms with E-state index in [1.54, 1.807) is 70.7 Å². The lowest BCUT2D eigenvalue weighted by Crippen LogP contribution is -2.60. The number of benzene rings is 1. The molecule has 1 saturated heterocycles. The molecule has 11 atom stereocenters. The monoisotopic (exact) mass is 985 g/mol. The van der Waals surface area contributed by atoms with E-state index < -0.39 is 72.2 Å². The first-order valence-electron chi connectivity index (χ1n) is 24.0. The fraction of sp³-hybridized carbons (Fsp3) is 0.660. The van der Waals surface area contributed by atoms with E-state index in [4.69, 9.17) is 14.2 Å². The summed E-state index contributed by atoms with van der Waals surface area (Å²) in [5.41, 5.74) is 0.769. The van der Waals surface area contributed by atoms with Crippen LogP contribution in [-0.4, -0.2) is 149 Å². The molecule has 0 bridgehead atoms. The van der Waals surface area contributed by atoms with Crippen molar-refractivity contribution in [1.82, 2.24) is 30.3 Å². The number of carboxylic acid groups (broad SMARTS) is 1. The van der Waals surface area contributed by atoms with E-state index in [1.165, 1.54) is 19.1 Å². The first-order valence-corrected chi connectivity index (χ1v) is 26.2. The molecule has 3 N–H and O–H groups in total. The van der Waals surface area contributed by atoms with Crippen molar-refractivity contribution in [1.29, 1.82) is 0 Å². The van der Waals surface area contributed by atoms with Gasteiger partial charge in [0.25, 0.3) is 0 Å². The quantitative estimate of drug-likeness (QED) is 0.0889. The molecule has 0 unspecified atom stereocenters. The Balaban J connectivity index is 1.44. The van der Waals surface area contributed by atoms with Gasteiger partial charge in [-0.1, -0.05) is 102 Å². The lowest BCUT2D eigenvalue weighted by atomic mass is 9.89. The summed E-state index contributed by atoms with van der Waals surface area (Å²) in [5.74, 6) is -4.29. The van der Waals surface area contributed by atoms with E-state index in [0.29, 0.717) is 25.8 Å². The number of carbonyl (C=O) groups is 6. The van der Waals surface area contributed by atoms with Gasteiger partial charge in [0, 0.05) is 47.5 Å². The second-order valence-electron chi connectivity index (χ2n) is 18.9. The molecule has 4 rings (SSSR count). The molecule has 1 saturated carbocycles. The highest BCUT2D eigenvalue weighted by Crippen LogP contribution is 2.42. The van der Waals surface area contributed by atoms with Crippen LogP contribution >= 0.6 is 21.6 Å². The van der Waals surface area contributed by atoms with Crippen molar-refractivity contribution < 1.29 is 48.1 Å². The van der Waals surface area contributed by atoms with Crippen LogP contribution in [0.1, 0.15) is 99.0 Å². The summed E-state index contributed by atoms with van der Waals surface area (Å²) in [5, 5.41) is 16.6. The Hall–Kier alpha value is -4.39. The molecule has 2 fully saturated rings. The third kappa shape index (κ3) is 15.1. The molecule has 1 aromatic heterocycles. The fourth-order valence-electron chi connectivity index (χ4n) is 9.53. The number of amides is 5. The van der Waals surface area contributed by atoms with E-state index in [0.717, 1.165) is 29.9 Å². The zero-order valence-electron chi connectivity index (χ0n) is 41.8. The molecule has 16 nitrogen and oxygen atoms in total. The molecule has 68 heavy (non-hydrogen) atoms. The van der Waals surface area contributed by atoms with Crippen molar-refractivity contribution >= 4 is 57.3 Å². The smallest absolute Gasteiger partial charge is 0.410 e. The maximum Gasteiger partial charge on any atom is 0.410 e. The molecule has 2 heterocycles. The van der Waals surface area contributed by atoms with Crippen LogP contribution in [-0.2, 0) is 44.6 Å². The molecule has 1 aliphatic carbocycles. The minimum atomic E-state index is -1.15. The molecule has 2 aromatic rings. The van der Waals surface area contributed by atoms with Crippen LogP contribution in [0.2, 0.25) is 0 Å². The molecule has 0 spiro atoms. The van der Waals surface area contributed by atoms with Gasteiger partial charge in [0.2, 0.25) is 23.6 Å². The van der Waals surface area contributed by atoms with E-state index in [2.05, 4.69) is 15.6 Å². The Labute approximate surface area is 411 Å². The highest BCUT2D eigenvalue weighted by Gasteiger charge is 2.44. The van der Waals surface area contributed by atoms with Gasteiger partial charge < -0.3 is 39.8 Å². The summed E-state index contributed by atoms with van der Waals surface area (Å²) < 4.78 is 18.0. The number of methoxy groups -OCH3 is 2. The van der Waals surface area contributed by atoms with Crippen LogP contribution in [0.25, 0.3) is 0 Å². The summed E-state index contributed by atoms with van der Waals surface area (Å²) in [6, 6.07) is 10.7. The van der Waals surface area contributed by atoms with E-state index in [-0.39, 0.29) is 53.8 Å². The summed E-state index contributed by atoms with van der Waals surface area (Å²) in [4.78, 5) is 91.8. The van der Waals surface area contributed by atoms with E-state index in [9.17, 15) is 33.9 Å². The normalized spacial score (nSPS) is 20.7. The third-order valence-electron chi connectivity index (χ3n) is 13.5. The van der Waals surface area contributed by atoms with Gasteiger partial charge in [0.15, 0.2) is 0 Å². The number of nitrogens with one attached hydrogen (secondary N) is 2. The molecular weight excluding hydrogens is 909 g/mol. The minimum Gasteiger partial charge on any atom is -0.480 e. The van der Waals surface area contributed by atoms with E-state index >= 15 is 0 Å². The van der Waals surface area contributed by atoms with Crippen LogP contribution in [0, 0.1) is 23.7 Å². The molecule has 1 aromatic carbocycles. The highest BCUT2D eigenvalue weighted by molar-refractivity contribution is 8.76. The number of aromatic nitrogens is 1. The Morgan fingerprint density at radius 1 is 0.853 bits per heavy atom. The van der Waals surface area contributed by atoms with Gasteiger partial charge in [-0.2, -0.15) is 0 Å². The number of hydrogen-bond donors (Lipinski definition) is 3. The minimum absolute atomic E-state index is 0.0701. The SMILES string of the molecule is CC[C@H](C)[C@@H]([C@@H](CC(=O)N1CCC[C@H]1[C@H](OC)[C@@H](C)C(=O)N[C@@H](Cc1ccccc1)C(=O)O)OC)N(C)C(=O)[C@@H](NC(=O)[C@H](C(C)C)N(C)C(=O)O[C@H]1CCC[C@@H]1SSc1ccccn1)C(C)C. The molecule has 0 radical (unpaired) electrons. The van der Waals surface area contributed by atoms with Crippen molar-refractivity contribution in [2.75, 3.05) is 34.9 Å². The Morgan fingerprint density at radius 2 is 1.54 bits per heavy atom. The molecule has 1 aliphatic heterocycles. The van der Waals surface area contributed by atoms with Crippen LogP contribution in [0.3, 0.4) is 0 Å². The Kier molecular flexibility index (Phi) is 22.4. The van der Waals surface area contributed by atoms with Crippen molar-refractivity contribution in [3.8, 4) is 0 Å². The van der Waals surface area contributed by atoms with Gasteiger partial charge in [-0.15, -0.1) is 0 Å². The molecule has 378 valence electrons. The van der Waals surface area contributed by atoms with Crippen molar-refractivity contribution in [3.05, 3.63) is 60.3 Å². The zero-order valence-corrected chi connectivity index (χ0v) is 43.4. The number of aliphatic carboxylic acids is 1.